The van der Waals surface area contributed by atoms with Crippen LogP contribution in [0.2, 0.25) is 0 Å². The minimum absolute atomic E-state index is 0.0174. The van der Waals surface area contributed by atoms with Crippen LogP contribution in [0.1, 0.15) is 17.0 Å². The number of aliphatic hydroxyl groups is 1. The SMILES string of the molecule is Cc1ccccc1C1CN(CCOCCO)CC1C(=O)O. The number of carboxylic acids is 1. The standard InChI is InChI=1S/C16H23NO4/c1-12-4-2-3-5-13(12)14-10-17(6-8-21-9-7-18)11-15(14)16(19)20/h2-5,14-15,18H,6-11H2,1H3,(H,19,20). The number of likely N-dealkylation sites (tertiary alicyclic amines) is 1. The molecule has 1 aromatic rings. The van der Waals surface area contributed by atoms with Crippen molar-refractivity contribution in [2.24, 2.45) is 5.92 Å². The van der Waals surface area contributed by atoms with Gasteiger partial charge >= 0.3 is 5.97 Å². The third kappa shape index (κ3) is 4.03. The number of benzene rings is 1. The van der Waals surface area contributed by atoms with E-state index < -0.39 is 5.97 Å². The molecule has 21 heavy (non-hydrogen) atoms. The maximum atomic E-state index is 11.5. The number of aryl methyl sites for hydroxylation is 1. The Bertz CT molecular complexity index is 477. The van der Waals surface area contributed by atoms with Gasteiger partial charge in [0.25, 0.3) is 0 Å². The predicted molar refractivity (Wildman–Crippen MR) is 79.4 cm³/mol. The molecule has 0 bridgehead atoms. The molecule has 1 aliphatic heterocycles. The summed E-state index contributed by atoms with van der Waals surface area (Å²) in [7, 11) is 0. The average molecular weight is 293 g/mol. The molecular formula is C16H23NO4. The molecule has 2 rings (SSSR count). The fourth-order valence-corrected chi connectivity index (χ4v) is 3.00. The number of aliphatic hydroxyl groups excluding tert-OH is 1. The van der Waals surface area contributed by atoms with Gasteiger partial charge in [0.2, 0.25) is 0 Å². The summed E-state index contributed by atoms with van der Waals surface area (Å²) in [5.74, 6) is -1.08. The summed E-state index contributed by atoms with van der Waals surface area (Å²) >= 11 is 0. The summed E-state index contributed by atoms with van der Waals surface area (Å²) in [5, 5.41) is 18.2. The van der Waals surface area contributed by atoms with Gasteiger partial charge < -0.3 is 14.9 Å². The van der Waals surface area contributed by atoms with Crippen molar-refractivity contribution in [1.82, 2.24) is 4.90 Å². The van der Waals surface area contributed by atoms with Gasteiger partial charge in [0.05, 0.1) is 25.7 Å². The minimum atomic E-state index is -0.734. The van der Waals surface area contributed by atoms with Crippen LogP contribution in [0.25, 0.3) is 0 Å². The number of hydrogen-bond donors (Lipinski definition) is 2. The van der Waals surface area contributed by atoms with Crippen LogP contribution in [-0.4, -0.2) is 60.5 Å². The van der Waals surface area contributed by atoms with Gasteiger partial charge in [0, 0.05) is 25.6 Å². The molecule has 0 amide bonds. The molecule has 0 spiro atoms. The highest BCUT2D eigenvalue weighted by atomic mass is 16.5. The van der Waals surface area contributed by atoms with Crippen LogP contribution in [-0.2, 0) is 9.53 Å². The Hall–Kier alpha value is -1.43. The van der Waals surface area contributed by atoms with Crippen molar-refractivity contribution in [3.05, 3.63) is 35.4 Å². The van der Waals surface area contributed by atoms with Crippen molar-refractivity contribution in [3.8, 4) is 0 Å². The third-order valence-electron chi connectivity index (χ3n) is 4.09. The summed E-state index contributed by atoms with van der Waals surface area (Å²) in [4.78, 5) is 13.7. The zero-order chi connectivity index (χ0) is 15.2. The summed E-state index contributed by atoms with van der Waals surface area (Å²) in [6.45, 7) is 4.89. The van der Waals surface area contributed by atoms with Crippen LogP contribution >= 0.6 is 0 Å². The van der Waals surface area contributed by atoms with Gasteiger partial charge in [-0.3, -0.25) is 9.69 Å². The first-order valence-electron chi connectivity index (χ1n) is 7.32. The molecule has 0 aromatic heterocycles. The fourth-order valence-electron chi connectivity index (χ4n) is 3.00. The first-order chi connectivity index (χ1) is 10.1. The average Bonchev–Trinajstić information content (AvgIpc) is 2.88. The predicted octanol–water partition coefficient (Wildman–Crippen LogP) is 1.10. The Balaban J connectivity index is 2.03. The maximum absolute atomic E-state index is 11.5. The summed E-state index contributed by atoms with van der Waals surface area (Å²) in [5.41, 5.74) is 2.27. The number of hydrogen-bond acceptors (Lipinski definition) is 4. The van der Waals surface area contributed by atoms with E-state index in [4.69, 9.17) is 9.84 Å². The maximum Gasteiger partial charge on any atom is 0.308 e. The molecular weight excluding hydrogens is 270 g/mol. The van der Waals surface area contributed by atoms with Gasteiger partial charge in [-0.2, -0.15) is 0 Å². The lowest BCUT2D eigenvalue weighted by Gasteiger charge is -2.18. The van der Waals surface area contributed by atoms with E-state index in [0.29, 0.717) is 26.3 Å². The molecule has 116 valence electrons. The molecule has 1 fully saturated rings. The number of nitrogens with zero attached hydrogens (tertiary/aromatic N) is 1. The van der Waals surface area contributed by atoms with Gasteiger partial charge in [-0.1, -0.05) is 24.3 Å². The molecule has 0 aliphatic carbocycles. The minimum Gasteiger partial charge on any atom is -0.481 e. The molecule has 1 aromatic carbocycles. The van der Waals surface area contributed by atoms with E-state index in [1.54, 1.807) is 0 Å². The van der Waals surface area contributed by atoms with E-state index in [1.807, 2.05) is 31.2 Å². The molecule has 1 aliphatic rings. The van der Waals surface area contributed by atoms with Crippen LogP contribution in [0.15, 0.2) is 24.3 Å². The molecule has 5 heteroatoms. The molecule has 0 saturated carbocycles. The van der Waals surface area contributed by atoms with Gasteiger partial charge in [-0.05, 0) is 18.1 Å². The van der Waals surface area contributed by atoms with E-state index in [2.05, 4.69) is 4.90 Å². The second-order valence-corrected chi connectivity index (χ2v) is 5.50. The molecule has 1 saturated heterocycles. The number of carboxylic acid groups (broad SMARTS) is 1. The Morgan fingerprint density at radius 1 is 1.33 bits per heavy atom. The smallest absolute Gasteiger partial charge is 0.308 e. The molecule has 2 atom stereocenters. The Kier molecular flexibility index (Phi) is 5.73. The van der Waals surface area contributed by atoms with Crippen LogP contribution < -0.4 is 0 Å². The zero-order valence-corrected chi connectivity index (χ0v) is 12.4. The number of ether oxygens (including phenoxy) is 1. The monoisotopic (exact) mass is 293 g/mol. The zero-order valence-electron chi connectivity index (χ0n) is 12.4. The van der Waals surface area contributed by atoms with E-state index in [1.165, 1.54) is 0 Å². The second kappa shape index (κ2) is 7.54. The van der Waals surface area contributed by atoms with E-state index in [9.17, 15) is 9.90 Å². The first kappa shape index (κ1) is 15.9. The lowest BCUT2D eigenvalue weighted by molar-refractivity contribution is -0.141. The molecule has 0 radical (unpaired) electrons. The normalized spacial score (nSPS) is 22.6. The van der Waals surface area contributed by atoms with Crippen LogP contribution in [0.4, 0.5) is 0 Å². The van der Waals surface area contributed by atoms with Crippen LogP contribution in [0.5, 0.6) is 0 Å². The third-order valence-corrected chi connectivity index (χ3v) is 4.09. The number of rotatable bonds is 7. The first-order valence-corrected chi connectivity index (χ1v) is 7.32. The van der Waals surface area contributed by atoms with E-state index in [0.717, 1.165) is 17.7 Å². The Morgan fingerprint density at radius 2 is 2.10 bits per heavy atom. The lowest BCUT2D eigenvalue weighted by atomic mass is 9.86. The Morgan fingerprint density at radius 3 is 2.76 bits per heavy atom. The number of aliphatic carboxylic acids is 1. The van der Waals surface area contributed by atoms with Gasteiger partial charge in [-0.25, -0.2) is 0 Å². The molecule has 5 nitrogen and oxygen atoms in total. The van der Waals surface area contributed by atoms with Gasteiger partial charge in [0.15, 0.2) is 0 Å². The quantitative estimate of drug-likeness (QED) is 0.737. The highest BCUT2D eigenvalue weighted by molar-refractivity contribution is 5.72. The lowest BCUT2D eigenvalue weighted by Crippen LogP contribution is -2.27. The summed E-state index contributed by atoms with van der Waals surface area (Å²) < 4.78 is 5.27. The molecule has 2 unspecified atom stereocenters. The Labute approximate surface area is 125 Å². The summed E-state index contributed by atoms with van der Waals surface area (Å²) in [6.07, 6.45) is 0. The van der Waals surface area contributed by atoms with Crippen molar-refractivity contribution in [3.63, 3.8) is 0 Å². The largest absolute Gasteiger partial charge is 0.481 e. The van der Waals surface area contributed by atoms with E-state index in [-0.39, 0.29) is 18.4 Å². The van der Waals surface area contributed by atoms with Crippen LogP contribution in [0, 0.1) is 12.8 Å². The highest BCUT2D eigenvalue weighted by Crippen LogP contribution is 2.34. The second-order valence-electron chi connectivity index (χ2n) is 5.50. The summed E-state index contributed by atoms with van der Waals surface area (Å²) in [6, 6.07) is 8.00. The van der Waals surface area contributed by atoms with Crippen molar-refractivity contribution >= 4 is 5.97 Å². The van der Waals surface area contributed by atoms with Crippen molar-refractivity contribution in [1.29, 1.82) is 0 Å². The van der Waals surface area contributed by atoms with Gasteiger partial charge in [0.1, 0.15) is 0 Å². The topological polar surface area (TPSA) is 70.0 Å². The van der Waals surface area contributed by atoms with Gasteiger partial charge in [-0.15, -0.1) is 0 Å². The molecule has 2 N–H and O–H groups in total. The fraction of sp³-hybridized carbons (Fsp3) is 0.562. The van der Waals surface area contributed by atoms with Crippen molar-refractivity contribution < 1.29 is 19.7 Å². The van der Waals surface area contributed by atoms with Crippen molar-refractivity contribution in [2.75, 3.05) is 39.5 Å². The van der Waals surface area contributed by atoms with E-state index >= 15 is 0 Å². The molecule has 1 heterocycles. The van der Waals surface area contributed by atoms with Crippen molar-refractivity contribution in [2.45, 2.75) is 12.8 Å². The highest BCUT2D eigenvalue weighted by Gasteiger charge is 2.38. The number of carbonyl (C=O) groups is 1. The van der Waals surface area contributed by atoms with Crippen LogP contribution in [0.3, 0.4) is 0 Å².